The summed E-state index contributed by atoms with van der Waals surface area (Å²) in [5, 5.41) is 2.71. The fraction of sp³-hybridized carbons (Fsp3) is 0.200. The quantitative estimate of drug-likeness (QED) is 0.914. The van der Waals surface area contributed by atoms with E-state index in [4.69, 9.17) is 0 Å². The summed E-state index contributed by atoms with van der Waals surface area (Å²) < 4.78 is 13.5. The number of nitrogens with zero attached hydrogens (tertiary/aromatic N) is 1. The molecule has 0 saturated carbocycles. The monoisotopic (exact) mass is 258 g/mol. The van der Waals surface area contributed by atoms with Crippen molar-refractivity contribution in [3.8, 4) is 0 Å². The molecule has 2 rings (SSSR count). The number of benzene rings is 1. The number of rotatable bonds is 3. The summed E-state index contributed by atoms with van der Waals surface area (Å²) in [6.07, 6.45) is 1.40. The summed E-state index contributed by atoms with van der Waals surface area (Å²) in [7, 11) is 0. The third kappa shape index (κ3) is 2.96. The maximum atomic E-state index is 13.5. The smallest absolute Gasteiger partial charge is 0.277 e. The molecule has 1 N–H and O–H groups in total. The van der Waals surface area contributed by atoms with Gasteiger partial charge in [0.2, 0.25) is 0 Å². The predicted octanol–water partition coefficient (Wildman–Crippen LogP) is 3.60. The van der Waals surface area contributed by atoms with Gasteiger partial charge in [-0.2, -0.15) is 0 Å². The number of hydrogen-bond acceptors (Lipinski definition) is 2. The molecule has 2 aromatic rings. The Kier molecular flexibility index (Phi) is 3.90. The topological polar surface area (TPSA) is 42.0 Å². The first kappa shape index (κ1) is 13.2. The Bertz CT molecular complexity index is 596. The van der Waals surface area contributed by atoms with Gasteiger partial charge in [-0.25, -0.2) is 9.37 Å². The summed E-state index contributed by atoms with van der Waals surface area (Å²) in [5.41, 5.74) is 1.50. The van der Waals surface area contributed by atoms with Crippen molar-refractivity contribution in [3.05, 3.63) is 59.7 Å². The molecular formula is C15H15FN2O. The second-order valence-corrected chi connectivity index (χ2v) is 4.53. The molecule has 0 fully saturated rings. The minimum absolute atomic E-state index is 0.193. The van der Waals surface area contributed by atoms with Crippen molar-refractivity contribution >= 4 is 11.6 Å². The largest absolute Gasteiger partial charge is 0.320 e. The third-order valence-electron chi connectivity index (χ3n) is 2.80. The van der Waals surface area contributed by atoms with Crippen molar-refractivity contribution in [2.75, 3.05) is 5.32 Å². The molecule has 1 heterocycles. The van der Waals surface area contributed by atoms with E-state index in [1.165, 1.54) is 18.3 Å². The minimum atomic E-state index is -0.623. The minimum Gasteiger partial charge on any atom is -0.320 e. The van der Waals surface area contributed by atoms with Gasteiger partial charge in [-0.1, -0.05) is 32.0 Å². The maximum absolute atomic E-state index is 13.5. The molecule has 0 saturated heterocycles. The molecule has 0 radical (unpaired) electrons. The van der Waals surface area contributed by atoms with Crippen molar-refractivity contribution in [2.24, 2.45) is 0 Å². The number of aromatic nitrogens is 1. The summed E-state index contributed by atoms with van der Waals surface area (Å²) >= 11 is 0. The van der Waals surface area contributed by atoms with E-state index in [2.05, 4.69) is 10.3 Å². The van der Waals surface area contributed by atoms with E-state index in [1.807, 2.05) is 32.0 Å². The normalized spacial score (nSPS) is 10.5. The molecule has 0 aliphatic carbocycles. The maximum Gasteiger partial charge on any atom is 0.277 e. The fourth-order valence-electron chi connectivity index (χ4n) is 1.85. The summed E-state index contributed by atoms with van der Waals surface area (Å²) in [4.78, 5) is 15.8. The number of para-hydroxylation sites is 1. The van der Waals surface area contributed by atoms with Gasteiger partial charge < -0.3 is 5.32 Å². The summed E-state index contributed by atoms with van der Waals surface area (Å²) in [6.45, 7) is 4.07. The highest BCUT2D eigenvalue weighted by atomic mass is 19.1. The van der Waals surface area contributed by atoms with Crippen LogP contribution in [0.2, 0.25) is 0 Å². The number of carbonyl (C=O) groups excluding carboxylic acids is 1. The molecule has 98 valence electrons. The van der Waals surface area contributed by atoms with Crippen LogP contribution in [-0.2, 0) is 0 Å². The molecule has 0 spiro atoms. The summed E-state index contributed by atoms with van der Waals surface area (Å²) in [6, 6.07) is 10.1. The van der Waals surface area contributed by atoms with Crippen molar-refractivity contribution in [1.29, 1.82) is 0 Å². The van der Waals surface area contributed by atoms with Gasteiger partial charge in [0.15, 0.2) is 11.5 Å². The lowest BCUT2D eigenvalue weighted by Crippen LogP contribution is -2.16. The van der Waals surface area contributed by atoms with Crippen molar-refractivity contribution < 1.29 is 9.18 Å². The number of nitrogens with one attached hydrogen (secondary N) is 1. The standard InChI is InChI=1S/C15H15FN2O/c1-10(2)11-6-3-4-8-13(11)18-15(19)14-12(16)7-5-9-17-14/h3-10H,1-2H3,(H,18,19). The lowest BCUT2D eigenvalue weighted by molar-refractivity contribution is 0.101. The Balaban J connectivity index is 2.27. The van der Waals surface area contributed by atoms with E-state index in [1.54, 1.807) is 6.07 Å². The molecule has 0 bridgehead atoms. The number of carbonyl (C=O) groups is 1. The van der Waals surface area contributed by atoms with E-state index in [0.29, 0.717) is 5.69 Å². The van der Waals surface area contributed by atoms with Crippen LogP contribution in [0.1, 0.15) is 35.8 Å². The van der Waals surface area contributed by atoms with E-state index in [0.717, 1.165) is 5.56 Å². The number of hydrogen-bond donors (Lipinski definition) is 1. The van der Waals surface area contributed by atoms with Gasteiger partial charge >= 0.3 is 0 Å². The van der Waals surface area contributed by atoms with Crippen LogP contribution >= 0.6 is 0 Å². The number of amides is 1. The molecule has 1 amide bonds. The number of pyridine rings is 1. The highest BCUT2D eigenvalue weighted by Crippen LogP contribution is 2.24. The first-order valence-corrected chi connectivity index (χ1v) is 6.10. The Morgan fingerprint density at radius 2 is 1.95 bits per heavy atom. The highest BCUT2D eigenvalue weighted by Gasteiger charge is 2.15. The van der Waals surface area contributed by atoms with Crippen LogP contribution in [-0.4, -0.2) is 10.9 Å². The Hall–Kier alpha value is -2.23. The SMILES string of the molecule is CC(C)c1ccccc1NC(=O)c1ncccc1F. The van der Waals surface area contributed by atoms with Crippen LogP contribution in [0.5, 0.6) is 0 Å². The van der Waals surface area contributed by atoms with Crippen molar-refractivity contribution in [3.63, 3.8) is 0 Å². The van der Waals surface area contributed by atoms with Crippen LogP contribution in [0.25, 0.3) is 0 Å². The van der Waals surface area contributed by atoms with Crippen LogP contribution in [0.3, 0.4) is 0 Å². The van der Waals surface area contributed by atoms with Crippen LogP contribution in [0.4, 0.5) is 10.1 Å². The zero-order valence-corrected chi connectivity index (χ0v) is 10.9. The van der Waals surface area contributed by atoms with Gasteiger partial charge in [-0.3, -0.25) is 4.79 Å². The number of halogens is 1. The third-order valence-corrected chi connectivity index (χ3v) is 2.80. The molecule has 0 aliphatic heterocycles. The molecule has 0 atom stereocenters. The average molecular weight is 258 g/mol. The molecule has 0 aliphatic rings. The molecule has 0 unspecified atom stereocenters. The molecular weight excluding hydrogens is 243 g/mol. The second-order valence-electron chi connectivity index (χ2n) is 4.53. The van der Waals surface area contributed by atoms with Crippen LogP contribution in [0.15, 0.2) is 42.6 Å². The lowest BCUT2D eigenvalue weighted by Gasteiger charge is -2.13. The van der Waals surface area contributed by atoms with Gasteiger partial charge in [0.25, 0.3) is 5.91 Å². The molecule has 19 heavy (non-hydrogen) atoms. The highest BCUT2D eigenvalue weighted by molar-refractivity contribution is 6.03. The Morgan fingerprint density at radius 1 is 1.21 bits per heavy atom. The van der Waals surface area contributed by atoms with Crippen LogP contribution < -0.4 is 5.32 Å². The fourth-order valence-corrected chi connectivity index (χ4v) is 1.85. The first-order chi connectivity index (χ1) is 9.09. The van der Waals surface area contributed by atoms with Crippen molar-refractivity contribution in [1.82, 2.24) is 4.98 Å². The Morgan fingerprint density at radius 3 is 2.63 bits per heavy atom. The molecule has 1 aromatic heterocycles. The first-order valence-electron chi connectivity index (χ1n) is 6.10. The van der Waals surface area contributed by atoms with Gasteiger partial charge in [-0.05, 0) is 29.7 Å². The predicted molar refractivity (Wildman–Crippen MR) is 72.7 cm³/mol. The van der Waals surface area contributed by atoms with Gasteiger partial charge in [0, 0.05) is 11.9 Å². The van der Waals surface area contributed by atoms with E-state index >= 15 is 0 Å². The van der Waals surface area contributed by atoms with Gasteiger partial charge in [-0.15, -0.1) is 0 Å². The molecule has 3 nitrogen and oxygen atoms in total. The average Bonchev–Trinajstić information content (AvgIpc) is 2.39. The van der Waals surface area contributed by atoms with Crippen LogP contribution in [0, 0.1) is 5.82 Å². The lowest BCUT2D eigenvalue weighted by atomic mass is 10.0. The van der Waals surface area contributed by atoms with Gasteiger partial charge in [0.05, 0.1) is 0 Å². The molecule has 1 aromatic carbocycles. The second kappa shape index (κ2) is 5.61. The van der Waals surface area contributed by atoms with E-state index in [-0.39, 0.29) is 11.6 Å². The van der Waals surface area contributed by atoms with Gasteiger partial charge in [0.1, 0.15) is 0 Å². The zero-order valence-electron chi connectivity index (χ0n) is 10.9. The van der Waals surface area contributed by atoms with E-state index < -0.39 is 11.7 Å². The number of anilines is 1. The Labute approximate surface area is 111 Å². The zero-order chi connectivity index (χ0) is 13.8. The summed E-state index contributed by atoms with van der Waals surface area (Å²) in [5.74, 6) is -0.890. The van der Waals surface area contributed by atoms with Crippen molar-refractivity contribution in [2.45, 2.75) is 19.8 Å². The van der Waals surface area contributed by atoms with E-state index in [9.17, 15) is 9.18 Å². The molecule has 4 heteroatoms.